The quantitative estimate of drug-likeness (QED) is 0.840. The van der Waals surface area contributed by atoms with Crippen LogP contribution in [0.5, 0.6) is 0 Å². The van der Waals surface area contributed by atoms with Crippen LogP contribution in [0.2, 0.25) is 0 Å². The number of benzene rings is 1. The summed E-state index contributed by atoms with van der Waals surface area (Å²) in [5, 5.41) is 3.28. The zero-order valence-corrected chi connectivity index (χ0v) is 17.2. The number of hydrogen-bond acceptors (Lipinski definition) is 3. The highest BCUT2D eigenvalue weighted by molar-refractivity contribution is 7.92. The molecule has 27 heavy (non-hydrogen) atoms. The molecule has 6 heteroatoms. The number of nitrogens with one attached hydrogen (secondary N) is 1. The molecule has 0 unspecified atom stereocenters. The fourth-order valence-corrected chi connectivity index (χ4v) is 7.49. The van der Waals surface area contributed by atoms with Gasteiger partial charge in [-0.3, -0.25) is 9.10 Å². The molecule has 0 heterocycles. The number of carbonyl (C=O) groups excluding carboxylic acids is 1. The Morgan fingerprint density at radius 1 is 1.00 bits per heavy atom. The summed E-state index contributed by atoms with van der Waals surface area (Å²) in [6.45, 7) is 3.40. The van der Waals surface area contributed by atoms with Gasteiger partial charge in [-0.25, -0.2) is 8.42 Å². The summed E-state index contributed by atoms with van der Waals surface area (Å²) in [5.41, 5.74) is -0.672. The van der Waals surface area contributed by atoms with Crippen molar-refractivity contribution in [1.82, 2.24) is 5.32 Å². The van der Waals surface area contributed by atoms with Crippen LogP contribution in [0.25, 0.3) is 0 Å². The first-order valence-corrected chi connectivity index (χ1v) is 11.9. The lowest BCUT2D eigenvalue weighted by atomic mass is 9.54. The molecule has 4 saturated carbocycles. The summed E-state index contributed by atoms with van der Waals surface area (Å²) in [4.78, 5) is 13.3. The van der Waals surface area contributed by atoms with Gasteiger partial charge in [0.25, 0.3) is 0 Å². The highest BCUT2D eigenvalue weighted by atomic mass is 32.2. The van der Waals surface area contributed by atoms with Gasteiger partial charge in [-0.2, -0.15) is 0 Å². The van der Waals surface area contributed by atoms with E-state index in [2.05, 4.69) is 5.32 Å². The highest BCUT2D eigenvalue weighted by Crippen LogP contribution is 2.53. The molecule has 1 amide bonds. The Bertz CT molecular complexity index is 791. The van der Waals surface area contributed by atoms with Crippen molar-refractivity contribution in [2.75, 3.05) is 10.6 Å². The predicted molar refractivity (Wildman–Crippen MR) is 107 cm³/mol. The third-order valence-electron chi connectivity index (χ3n) is 6.91. The second-order valence-corrected chi connectivity index (χ2v) is 11.2. The van der Waals surface area contributed by atoms with E-state index < -0.39 is 15.6 Å². The zero-order chi connectivity index (χ0) is 19.4. The van der Waals surface area contributed by atoms with Crippen molar-refractivity contribution in [2.45, 2.75) is 57.5 Å². The molecule has 4 bridgehead atoms. The lowest BCUT2D eigenvalue weighted by molar-refractivity contribution is -0.129. The number of rotatable bonds is 5. The molecule has 5 nitrogen and oxygen atoms in total. The number of sulfonamides is 1. The van der Waals surface area contributed by atoms with Crippen molar-refractivity contribution in [3.05, 3.63) is 30.3 Å². The van der Waals surface area contributed by atoms with Gasteiger partial charge in [0.1, 0.15) is 5.54 Å². The van der Waals surface area contributed by atoms with Crippen molar-refractivity contribution < 1.29 is 13.2 Å². The zero-order valence-electron chi connectivity index (χ0n) is 16.4. The normalized spacial score (nSPS) is 32.3. The second kappa shape index (κ2) is 6.50. The molecule has 0 radical (unpaired) electrons. The van der Waals surface area contributed by atoms with E-state index in [1.807, 2.05) is 6.07 Å². The molecule has 0 aliphatic heterocycles. The summed E-state index contributed by atoms with van der Waals surface area (Å²) >= 11 is 0. The van der Waals surface area contributed by atoms with Crippen molar-refractivity contribution in [1.29, 1.82) is 0 Å². The highest BCUT2D eigenvalue weighted by Gasteiger charge is 2.50. The number of nitrogens with zero attached hydrogens (tertiary/aromatic N) is 1. The summed E-state index contributed by atoms with van der Waals surface area (Å²) in [7, 11) is -3.61. The molecule has 0 saturated heterocycles. The van der Waals surface area contributed by atoms with Crippen molar-refractivity contribution in [2.24, 2.45) is 23.7 Å². The van der Waals surface area contributed by atoms with Gasteiger partial charge < -0.3 is 5.32 Å². The fourth-order valence-electron chi connectivity index (χ4n) is 6.07. The largest absolute Gasteiger partial charge is 0.351 e. The third-order valence-corrected chi connectivity index (χ3v) is 8.24. The molecule has 1 aromatic rings. The van der Waals surface area contributed by atoms with Crippen LogP contribution in [-0.4, -0.2) is 32.2 Å². The van der Waals surface area contributed by atoms with Crippen molar-refractivity contribution in [3.8, 4) is 0 Å². The molecule has 4 aliphatic carbocycles. The summed E-state index contributed by atoms with van der Waals surface area (Å²) in [6, 6.07) is 9.09. The van der Waals surface area contributed by atoms with E-state index >= 15 is 0 Å². The van der Waals surface area contributed by atoms with Crippen molar-refractivity contribution >= 4 is 21.6 Å². The Morgan fingerprint density at radius 2 is 1.52 bits per heavy atom. The van der Waals surface area contributed by atoms with Gasteiger partial charge in [-0.05, 0) is 81.8 Å². The van der Waals surface area contributed by atoms with Crippen LogP contribution < -0.4 is 9.62 Å². The van der Waals surface area contributed by atoms with Crippen LogP contribution >= 0.6 is 0 Å². The van der Waals surface area contributed by atoms with Crippen LogP contribution in [-0.2, 0) is 14.8 Å². The number of anilines is 1. The van der Waals surface area contributed by atoms with Gasteiger partial charge >= 0.3 is 0 Å². The first-order chi connectivity index (χ1) is 12.7. The third kappa shape index (κ3) is 3.37. The SMILES string of the molecule is CC(C)(C(=O)NC1C2CC3CC(C2)CC1C3)N(c1ccccc1)S(C)(=O)=O. The number of amides is 1. The van der Waals surface area contributed by atoms with E-state index in [1.54, 1.807) is 38.1 Å². The summed E-state index contributed by atoms with van der Waals surface area (Å²) in [6.07, 6.45) is 7.40. The van der Waals surface area contributed by atoms with Gasteiger partial charge in [0.05, 0.1) is 11.9 Å². The minimum Gasteiger partial charge on any atom is -0.351 e. The first kappa shape index (κ1) is 18.8. The molecule has 0 atom stereocenters. The Morgan fingerprint density at radius 3 is 2.00 bits per heavy atom. The summed E-state index contributed by atoms with van der Waals surface area (Å²) in [5.74, 6) is 2.60. The molecular formula is C21H30N2O3S. The van der Waals surface area contributed by atoms with Gasteiger partial charge in [0.2, 0.25) is 15.9 Å². The average molecular weight is 391 g/mol. The minimum absolute atomic E-state index is 0.196. The Balaban J connectivity index is 1.58. The molecule has 1 aromatic carbocycles. The lowest BCUT2D eigenvalue weighted by Gasteiger charge is -2.55. The van der Waals surface area contributed by atoms with E-state index in [0.29, 0.717) is 17.5 Å². The average Bonchev–Trinajstić information content (AvgIpc) is 2.56. The van der Waals surface area contributed by atoms with Crippen LogP contribution in [0.4, 0.5) is 5.69 Å². The van der Waals surface area contributed by atoms with Crippen LogP contribution in [0, 0.1) is 23.7 Å². The van der Waals surface area contributed by atoms with Gasteiger partial charge in [0.15, 0.2) is 0 Å². The minimum atomic E-state index is -3.61. The standard InChI is InChI=1S/C21H30N2O3S/c1-21(2,23(27(3,25)26)18-7-5-4-6-8-18)20(24)22-19-16-10-14-9-15(12-16)13-17(19)11-14/h4-8,14-17,19H,9-13H2,1-3H3,(H,22,24). The van der Waals surface area contributed by atoms with E-state index in [9.17, 15) is 13.2 Å². The molecule has 148 valence electrons. The second-order valence-electron chi connectivity index (χ2n) is 9.35. The van der Waals surface area contributed by atoms with Crippen LogP contribution in [0.1, 0.15) is 46.0 Å². The van der Waals surface area contributed by atoms with Crippen molar-refractivity contribution in [3.63, 3.8) is 0 Å². The van der Waals surface area contributed by atoms with Gasteiger partial charge in [0, 0.05) is 6.04 Å². The summed E-state index contributed by atoms with van der Waals surface area (Å²) < 4.78 is 26.4. The van der Waals surface area contributed by atoms with Crippen LogP contribution in [0.15, 0.2) is 30.3 Å². The first-order valence-electron chi connectivity index (χ1n) is 10.0. The molecule has 0 aromatic heterocycles. The molecule has 0 spiro atoms. The molecule has 4 aliphatic rings. The number of hydrogen-bond donors (Lipinski definition) is 1. The van der Waals surface area contributed by atoms with E-state index in [-0.39, 0.29) is 11.9 Å². The maximum atomic E-state index is 13.3. The van der Waals surface area contributed by atoms with Gasteiger partial charge in [-0.1, -0.05) is 18.2 Å². The van der Waals surface area contributed by atoms with E-state index in [1.165, 1.54) is 36.4 Å². The Hall–Kier alpha value is -1.56. The molecular weight excluding hydrogens is 360 g/mol. The predicted octanol–water partition coefficient (Wildman–Crippen LogP) is 3.17. The Kier molecular flexibility index (Phi) is 4.53. The smallest absolute Gasteiger partial charge is 0.246 e. The van der Waals surface area contributed by atoms with E-state index in [4.69, 9.17) is 0 Å². The molecule has 5 rings (SSSR count). The lowest BCUT2D eigenvalue weighted by Crippen LogP contribution is -2.63. The van der Waals surface area contributed by atoms with E-state index in [0.717, 1.165) is 18.1 Å². The number of carbonyl (C=O) groups is 1. The Labute approximate surface area is 162 Å². The van der Waals surface area contributed by atoms with Crippen LogP contribution in [0.3, 0.4) is 0 Å². The molecule has 4 fully saturated rings. The van der Waals surface area contributed by atoms with Gasteiger partial charge in [-0.15, -0.1) is 0 Å². The maximum Gasteiger partial charge on any atom is 0.246 e. The maximum absolute atomic E-state index is 13.3. The molecule has 1 N–H and O–H groups in total. The fraction of sp³-hybridized carbons (Fsp3) is 0.667. The topological polar surface area (TPSA) is 66.5 Å². The number of para-hydroxylation sites is 1. The monoisotopic (exact) mass is 390 g/mol.